The van der Waals surface area contributed by atoms with Gasteiger partial charge in [-0.05, 0) is 24.3 Å². The Morgan fingerprint density at radius 3 is 2.77 bits per heavy atom. The van der Waals surface area contributed by atoms with Gasteiger partial charge in [-0.15, -0.1) is 0 Å². The number of ether oxygens (including phenoxy) is 2. The Hall–Kier alpha value is -3.39. The molecular formula is C18H16N2O6. The number of carbonyl (C=O) groups excluding carboxylic acids is 2. The van der Waals surface area contributed by atoms with E-state index in [9.17, 15) is 9.59 Å². The third kappa shape index (κ3) is 4.17. The molecule has 134 valence electrons. The van der Waals surface area contributed by atoms with Crippen LogP contribution in [-0.2, 0) is 20.9 Å². The molecule has 0 bridgehead atoms. The lowest BCUT2D eigenvalue weighted by molar-refractivity contribution is -0.121. The first-order valence-corrected chi connectivity index (χ1v) is 7.72. The molecule has 0 fully saturated rings. The van der Waals surface area contributed by atoms with Crippen LogP contribution in [0.5, 0.6) is 0 Å². The first kappa shape index (κ1) is 17.4. The topological polar surface area (TPSA) is 104 Å². The molecule has 0 aliphatic rings. The van der Waals surface area contributed by atoms with E-state index in [2.05, 4.69) is 15.2 Å². The molecule has 0 unspecified atom stereocenters. The van der Waals surface area contributed by atoms with Gasteiger partial charge in [0.1, 0.15) is 12.3 Å². The Morgan fingerprint density at radius 2 is 2.00 bits per heavy atom. The minimum atomic E-state index is -0.533. The molecule has 3 rings (SSSR count). The summed E-state index contributed by atoms with van der Waals surface area (Å²) in [6.07, 6.45) is 1.53. The van der Waals surface area contributed by atoms with Crippen molar-refractivity contribution in [3.63, 3.8) is 0 Å². The fourth-order valence-electron chi connectivity index (χ4n) is 2.23. The molecule has 0 saturated carbocycles. The molecule has 1 aromatic carbocycles. The monoisotopic (exact) mass is 356 g/mol. The third-order valence-electron chi connectivity index (χ3n) is 3.41. The lowest BCUT2D eigenvalue weighted by atomic mass is 10.2. The summed E-state index contributed by atoms with van der Waals surface area (Å²) in [5.41, 5.74) is 1.15. The highest BCUT2D eigenvalue weighted by molar-refractivity contribution is 6.01. The maximum Gasteiger partial charge on any atom is 0.339 e. The quantitative estimate of drug-likeness (QED) is 0.649. The van der Waals surface area contributed by atoms with E-state index < -0.39 is 11.9 Å². The van der Waals surface area contributed by atoms with Crippen molar-refractivity contribution in [3.8, 4) is 11.5 Å². The van der Waals surface area contributed by atoms with Gasteiger partial charge in [0, 0.05) is 6.07 Å². The second-order valence-electron chi connectivity index (χ2n) is 5.24. The van der Waals surface area contributed by atoms with Gasteiger partial charge in [-0.3, -0.25) is 4.79 Å². The molecular weight excluding hydrogens is 340 g/mol. The van der Waals surface area contributed by atoms with E-state index in [-0.39, 0.29) is 18.8 Å². The van der Waals surface area contributed by atoms with Gasteiger partial charge in [0.05, 0.1) is 31.2 Å². The fourth-order valence-corrected chi connectivity index (χ4v) is 2.23. The number of para-hydroxylation sites is 1. The third-order valence-corrected chi connectivity index (χ3v) is 3.41. The predicted molar refractivity (Wildman–Crippen MR) is 90.3 cm³/mol. The molecule has 3 aromatic rings. The lowest BCUT2D eigenvalue weighted by Crippen LogP contribution is -2.20. The van der Waals surface area contributed by atoms with Crippen LogP contribution >= 0.6 is 0 Å². The van der Waals surface area contributed by atoms with Crippen molar-refractivity contribution >= 4 is 17.6 Å². The summed E-state index contributed by atoms with van der Waals surface area (Å²) in [4.78, 5) is 23.7. The van der Waals surface area contributed by atoms with E-state index in [1.165, 1.54) is 13.4 Å². The van der Waals surface area contributed by atoms with E-state index >= 15 is 0 Å². The molecule has 0 atom stereocenters. The zero-order valence-corrected chi connectivity index (χ0v) is 13.9. The lowest BCUT2D eigenvalue weighted by Gasteiger charge is -2.09. The van der Waals surface area contributed by atoms with Crippen molar-refractivity contribution in [2.45, 2.75) is 6.61 Å². The van der Waals surface area contributed by atoms with Crippen LogP contribution in [0.15, 0.2) is 57.7 Å². The van der Waals surface area contributed by atoms with Gasteiger partial charge in [0.15, 0.2) is 5.76 Å². The van der Waals surface area contributed by atoms with Gasteiger partial charge >= 0.3 is 5.97 Å². The minimum Gasteiger partial charge on any atom is -0.465 e. The van der Waals surface area contributed by atoms with Gasteiger partial charge in [0.2, 0.25) is 11.7 Å². The number of benzene rings is 1. The summed E-state index contributed by atoms with van der Waals surface area (Å²) < 4.78 is 20.4. The Kier molecular flexibility index (Phi) is 5.45. The summed E-state index contributed by atoms with van der Waals surface area (Å²) in [7, 11) is 1.28. The van der Waals surface area contributed by atoms with Crippen molar-refractivity contribution in [1.82, 2.24) is 5.16 Å². The minimum absolute atomic E-state index is 0.0935. The van der Waals surface area contributed by atoms with Crippen molar-refractivity contribution < 1.29 is 28.0 Å². The Morgan fingerprint density at radius 1 is 1.15 bits per heavy atom. The molecule has 0 aliphatic carbocycles. The van der Waals surface area contributed by atoms with E-state index in [1.807, 2.05) is 0 Å². The van der Waals surface area contributed by atoms with Gasteiger partial charge in [0.25, 0.3) is 0 Å². The van der Waals surface area contributed by atoms with Crippen molar-refractivity contribution in [3.05, 3.63) is 60.0 Å². The number of rotatable bonds is 7. The number of methoxy groups -OCH3 is 1. The molecule has 1 amide bonds. The highest BCUT2D eigenvalue weighted by Crippen LogP contribution is 2.21. The van der Waals surface area contributed by atoms with Gasteiger partial charge in [-0.25, -0.2) is 4.79 Å². The Labute approximate surface area is 148 Å². The maximum absolute atomic E-state index is 12.0. The SMILES string of the molecule is COC(=O)c1ccccc1NC(=O)COCc1cc(-c2ccco2)on1. The van der Waals surface area contributed by atoms with Crippen LogP contribution < -0.4 is 5.32 Å². The molecule has 0 saturated heterocycles. The zero-order chi connectivity index (χ0) is 18.4. The second kappa shape index (κ2) is 8.13. The normalized spacial score (nSPS) is 10.5. The molecule has 26 heavy (non-hydrogen) atoms. The molecule has 0 radical (unpaired) electrons. The number of carbonyl (C=O) groups is 2. The van der Waals surface area contributed by atoms with E-state index in [4.69, 9.17) is 13.7 Å². The predicted octanol–water partition coefficient (Wildman–Crippen LogP) is 2.88. The van der Waals surface area contributed by atoms with Crippen LogP contribution in [-0.4, -0.2) is 30.7 Å². The number of esters is 1. The van der Waals surface area contributed by atoms with Crippen LogP contribution in [0.3, 0.4) is 0 Å². The van der Waals surface area contributed by atoms with Crippen LogP contribution in [0.25, 0.3) is 11.5 Å². The molecule has 0 aliphatic heterocycles. The van der Waals surface area contributed by atoms with Gasteiger partial charge < -0.3 is 23.7 Å². The molecule has 2 aromatic heterocycles. The van der Waals surface area contributed by atoms with Crippen molar-refractivity contribution in [2.75, 3.05) is 19.0 Å². The van der Waals surface area contributed by atoms with Crippen LogP contribution in [0, 0.1) is 0 Å². The summed E-state index contributed by atoms with van der Waals surface area (Å²) in [6, 6.07) is 11.7. The Balaban J connectivity index is 1.52. The van der Waals surface area contributed by atoms with Gasteiger partial charge in [-0.2, -0.15) is 0 Å². The molecule has 0 spiro atoms. The second-order valence-corrected chi connectivity index (χ2v) is 5.24. The number of anilines is 1. The highest BCUT2D eigenvalue weighted by atomic mass is 16.5. The van der Waals surface area contributed by atoms with E-state index in [1.54, 1.807) is 42.5 Å². The zero-order valence-electron chi connectivity index (χ0n) is 13.9. The summed E-state index contributed by atoms with van der Waals surface area (Å²) in [5.74, 6) is 0.0944. The number of nitrogens with zero attached hydrogens (tertiary/aromatic N) is 1. The van der Waals surface area contributed by atoms with Crippen LogP contribution in [0.4, 0.5) is 5.69 Å². The Bertz CT molecular complexity index is 885. The molecule has 8 nitrogen and oxygen atoms in total. The number of nitrogens with one attached hydrogen (secondary N) is 1. The summed E-state index contributed by atoms with van der Waals surface area (Å²) >= 11 is 0. The van der Waals surface area contributed by atoms with Crippen molar-refractivity contribution in [1.29, 1.82) is 0 Å². The first-order chi connectivity index (χ1) is 12.7. The number of aromatic nitrogens is 1. The number of furan rings is 1. The molecule has 8 heteroatoms. The number of hydrogen-bond acceptors (Lipinski definition) is 7. The standard InChI is InChI=1S/C18H16N2O6/c1-23-18(22)13-5-2-3-6-14(13)19-17(21)11-24-10-12-9-16(26-20-12)15-7-4-8-25-15/h2-9H,10-11H2,1H3,(H,19,21). The van der Waals surface area contributed by atoms with E-state index in [0.29, 0.717) is 22.9 Å². The largest absolute Gasteiger partial charge is 0.465 e. The smallest absolute Gasteiger partial charge is 0.339 e. The number of hydrogen-bond donors (Lipinski definition) is 1. The van der Waals surface area contributed by atoms with Crippen molar-refractivity contribution in [2.24, 2.45) is 0 Å². The van der Waals surface area contributed by atoms with Crippen LogP contribution in [0.1, 0.15) is 16.1 Å². The first-order valence-electron chi connectivity index (χ1n) is 7.72. The summed E-state index contributed by atoms with van der Waals surface area (Å²) in [5, 5.41) is 6.46. The van der Waals surface area contributed by atoms with Gasteiger partial charge in [-0.1, -0.05) is 17.3 Å². The highest BCUT2D eigenvalue weighted by Gasteiger charge is 2.14. The maximum atomic E-state index is 12.0. The number of amides is 1. The average molecular weight is 356 g/mol. The average Bonchev–Trinajstić information content (AvgIpc) is 3.33. The fraction of sp³-hybridized carbons (Fsp3) is 0.167. The molecule has 1 N–H and O–H groups in total. The van der Waals surface area contributed by atoms with Crippen LogP contribution in [0.2, 0.25) is 0 Å². The van der Waals surface area contributed by atoms with E-state index in [0.717, 1.165) is 0 Å². The molecule has 2 heterocycles. The summed E-state index contributed by atoms with van der Waals surface area (Å²) in [6.45, 7) is -0.116.